The van der Waals surface area contributed by atoms with E-state index in [0.29, 0.717) is 10.9 Å². The van der Waals surface area contributed by atoms with E-state index in [1.54, 1.807) is 0 Å². The largest absolute Gasteiger partial charge is 0.354 e. The van der Waals surface area contributed by atoms with Crippen molar-refractivity contribution in [1.29, 1.82) is 0 Å². The fraction of sp³-hybridized carbons (Fsp3) is 0. The van der Waals surface area contributed by atoms with Crippen LogP contribution >= 0.6 is 0 Å². The van der Waals surface area contributed by atoms with Crippen molar-refractivity contribution in [3.63, 3.8) is 0 Å². The molecule has 1 N–H and O–H groups in total. The third kappa shape index (κ3) is 2.41. The zero-order chi connectivity index (χ0) is 20.1. The molecule has 0 aliphatic heterocycles. The number of rotatable bonds is 2. The van der Waals surface area contributed by atoms with Crippen molar-refractivity contribution in [1.82, 2.24) is 4.98 Å². The van der Waals surface area contributed by atoms with E-state index in [1.807, 2.05) is 36.4 Å². The molecule has 25 heavy (non-hydrogen) atoms. The summed E-state index contributed by atoms with van der Waals surface area (Å²) in [5, 5.41) is 1.34. The van der Waals surface area contributed by atoms with E-state index >= 15 is 0 Å². The molecule has 4 aromatic carbocycles. The van der Waals surface area contributed by atoms with Crippen LogP contribution in [0.1, 0.15) is 5.48 Å². The average molecular weight is 323 g/mol. The van der Waals surface area contributed by atoms with Crippen LogP contribution in [0.4, 0.5) is 0 Å². The fourth-order valence-corrected chi connectivity index (χ4v) is 3.27. The van der Waals surface area contributed by atoms with Crippen molar-refractivity contribution in [3.8, 4) is 22.3 Å². The van der Waals surface area contributed by atoms with Gasteiger partial charge >= 0.3 is 0 Å². The summed E-state index contributed by atoms with van der Waals surface area (Å²) in [6, 6.07) is 24.1. The summed E-state index contributed by atoms with van der Waals surface area (Å²) in [5.41, 5.74) is 5.68. The van der Waals surface area contributed by atoms with Crippen molar-refractivity contribution in [2.75, 3.05) is 0 Å². The minimum Gasteiger partial charge on any atom is -0.354 e. The average Bonchev–Trinajstić information content (AvgIpc) is 3.16. The lowest BCUT2D eigenvalue weighted by Gasteiger charge is -2.05. The Morgan fingerprint density at radius 1 is 0.560 bits per heavy atom. The van der Waals surface area contributed by atoms with E-state index < -0.39 is 0 Å². The van der Waals surface area contributed by atoms with E-state index in [-0.39, 0.29) is 24.2 Å². The van der Waals surface area contributed by atoms with E-state index in [2.05, 4.69) is 41.4 Å². The second kappa shape index (κ2) is 5.64. The summed E-state index contributed by atoms with van der Waals surface area (Å²) in [5.74, 6) is 0. The summed E-state index contributed by atoms with van der Waals surface area (Å²) >= 11 is 0. The van der Waals surface area contributed by atoms with Gasteiger partial charge in [-0.15, -0.1) is 0 Å². The smallest absolute Gasteiger partial charge is 0.0645 e. The molecule has 0 radical (unpaired) electrons. The maximum absolute atomic E-state index is 8.24. The lowest BCUT2D eigenvalue weighted by molar-refractivity contribution is 1.54. The summed E-state index contributed by atoms with van der Waals surface area (Å²) in [4.78, 5) is 3.19. The van der Waals surface area contributed by atoms with Gasteiger partial charge in [0.15, 0.2) is 0 Å². The Bertz CT molecular complexity index is 1370. The molecule has 5 aromatic rings. The lowest BCUT2D eigenvalue weighted by Crippen LogP contribution is -1.80. The highest BCUT2D eigenvalue weighted by Gasteiger charge is 2.06. The van der Waals surface area contributed by atoms with Crippen molar-refractivity contribution in [2.45, 2.75) is 0 Å². The first-order valence-corrected chi connectivity index (χ1v) is 8.22. The van der Waals surface area contributed by atoms with Gasteiger partial charge in [0, 0.05) is 21.8 Å². The highest BCUT2D eigenvalue weighted by molar-refractivity contribution is 6.08. The Labute approximate surface area is 152 Å². The molecule has 0 fully saturated rings. The summed E-state index contributed by atoms with van der Waals surface area (Å²) in [6.07, 6.45) is 0. The van der Waals surface area contributed by atoms with Crippen LogP contribution in [0.5, 0.6) is 0 Å². The number of fused-ring (bicyclic) bond motifs is 3. The van der Waals surface area contributed by atoms with Crippen LogP contribution in [-0.2, 0) is 0 Å². The molecule has 0 amide bonds. The Kier molecular flexibility index (Phi) is 2.38. The van der Waals surface area contributed by atoms with E-state index in [9.17, 15) is 0 Å². The molecule has 0 saturated carbocycles. The van der Waals surface area contributed by atoms with Gasteiger partial charge in [-0.25, -0.2) is 0 Å². The predicted molar refractivity (Wildman–Crippen MR) is 107 cm³/mol. The molecule has 0 bridgehead atoms. The van der Waals surface area contributed by atoms with Gasteiger partial charge < -0.3 is 4.98 Å². The molecule has 0 unspecified atom stereocenters. The van der Waals surface area contributed by atoms with E-state index in [4.69, 9.17) is 5.48 Å². The quantitative estimate of drug-likeness (QED) is 0.374. The van der Waals surface area contributed by atoms with Gasteiger partial charge in [-0.1, -0.05) is 84.9 Å². The second-order valence-corrected chi connectivity index (χ2v) is 6.08. The molecule has 0 spiro atoms. The molecular weight excluding hydrogens is 302 g/mol. The standard InChI is InChI=1S/C24H17N/c1-2-6-17(7-3-1)18-10-12-19(13-11-18)20-14-15-22-21-8-4-5-9-23(21)25-24(22)16-20/h1-16,25H/i4D,5D,8D,9D. The monoisotopic (exact) mass is 323 g/mol. The fourth-order valence-electron chi connectivity index (χ4n) is 3.27. The summed E-state index contributed by atoms with van der Waals surface area (Å²) < 4.78 is 32.2. The van der Waals surface area contributed by atoms with Gasteiger partial charge in [-0.05, 0) is 34.4 Å². The number of aromatic amines is 1. The zero-order valence-electron chi connectivity index (χ0n) is 17.4. The molecule has 118 valence electrons. The zero-order valence-corrected chi connectivity index (χ0v) is 13.4. The number of H-pyrrole nitrogens is 1. The van der Waals surface area contributed by atoms with Gasteiger partial charge in [0.2, 0.25) is 0 Å². The van der Waals surface area contributed by atoms with E-state index in [0.717, 1.165) is 27.6 Å². The molecule has 1 nitrogen and oxygen atoms in total. The minimum absolute atomic E-state index is 0.00721. The predicted octanol–water partition coefficient (Wildman–Crippen LogP) is 6.66. The molecule has 1 heteroatoms. The van der Waals surface area contributed by atoms with Crippen LogP contribution < -0.4 is 0 Å². The number of benzene rings is 4. The van der Waals surface area contributed by atoms with Crippen LogP contribution in [0.2, 0.25) is 0 Å². The van der Waals surface area contributed by atoms with Crippen molar-refractivity contribution in [2.24, 2.45) is 0 Å². The van der Waals surface area contributed by atoms with Gasteiger partial charge in [0.05, 0.1) is 5.48 Å². The maximum Gasteiger partial charge on any atom is 0.0645 e. The molecule has 0 saturated heterocycles. The van der Waals surface area contributed by atoms with Crippen LogP contribution in [-0.4, -0.2) is 4.98 Å². The molecule has 5 rings (SSSR count). The Hall–Kier alpha value is -3.32. The third-order valence-electron chi connectivity index (χ3n) is 4.56. The number of para-hydroxylation sites is 1. The van der Waals surface area contributed by atoms with Crippen molar-refractivity contribution in [3.05, 3.63) is 97.0 Å². The lowest BCUT2D eigenvalue weighted by atomic mass is 9.99. The first kappa shape index (κ1) is 10.5. The highest BCUT2D eigenvalue weighted by atomic mass is 14.7. The normalized spacial score (nSPS) is 13.4. The molecule has 1 aromatic heterocycles. The van der Waals surface area contributed by atoms with Crippen LogP contribution in [0.3, 0.4) is 0 Å². The summed E-state index contributed by atoms with van der Waals surface area (Å²) in [6.45, 7) is 0. The van der Waals surface area contributed by atoms with Gasteiger partial charge in [0.1, 0.15) is 0 Å². The van der Waals surface area contributed by atoms with E-state index in [1.165, 1.54) is 5.56 Å². The molecule has 0 aliphatic rings. The molecule has 0 aliphatic carbocycles. The maximum atomic E-state index is 8.24. The molecular formula is C24H17N. The number of hydrogen-bond donors (Lipinski definition) is 1. The van der Waals surface area contributed by atoms with Crippen LogP contribution in [0, 0.1) is 0 Å². The van der Waals surface area contributed by atoms with Gasteiger partial charge in [0.25, 0.3) is 0 Å². The third-order valence-corrected chi connectivity index (χ3v) is 4.56. The number of hydrogen-bond acceptors (Lipinski definition) is 0. The number of aromatic nitrogens is 1. The molecule has 0 atom stereocenters. The topological polar surface area (TPSA) is 15.8 Å². The first-order chi connectivity index (χ1) is 14.0. The summed E-state index contributed by atoms with van der Waals surface area (Å²) in [7, 11) is 0. The first-order valence-electron chi connectivity index (χ1n) is 10.2. The van der Waals surface area contributed by atoms with Crippen molar-refractivity contribution < 1.29 is 5.48 Å². The Balaban J connectivity index is 1.63. The second-order valence-electron chi connectivity index (χ2n) is 6.08. The highest BCUT2D eigenvalue weighted by Crippen LogP contribution is 2.30. The Morgan fingerprint density at radius 3 is 2.00 bits per heavy atom. The van der Waals surface area contributed by atoms with Crippen molar-refractivity contribution >= 4 is 21.8 Å². The number of nitrogens with one attached hydrogen (secondary N) is 1. The van der Waals surface area contributed by atoms with Gasteiger partial charge in [-0.2, -0.15) is 0 Å². The SMILES string of the molecule is [2H]c1c([2H])c([2H])c2c([nH]c3cc(-c4ccc(-c5ccccc5)cc4)ccc32)c1[2H]. The Morgan fingerprint density at radius 2 is 1.20 bits per heavy atom. The minimum atomic E-state index is -0.217. The van der Waals surface area contributed by atoms with Gasteiger partial charge in [-0.3, -0.25) is 0 Å². The molecule has 1 heterocycles. The van der Waals surface area contributed by atoms with Crippen LogP contribution in [0.15, 0.2) is 97.0 Å². The van der Waals surface area contributed by atoms with Crippen LogP contribution in [0.25, 0.3) is 44.1 Å².